The van der Waals surface area contributed by atoms with Gasteiger partial charge in [0.2, 0.25) is 0 Å². The van der Waals surface area contributed by atoms with Gasteiger partial charge in [-0.3, -0.25) is 9.59 Å². The molecule has 0 aliphatic heterocycles. The van der Waals surface area contributed by atoms with Gasteiger partial charge in [0, 0.05) is 5.56 Å². The zero-order chi connectivity index (χ0) is 11.4. The normalized spacial score (nSPS) is 9.73. The van der Waals surface area contributed by atoms with Crippen LogP contribution in [0.1, 0.15) is 17.3 Å². The molecule has 0 aliphatic rings. The van der Waals surface area contributed by atoms with E-state index in [1.807, 2.05) is 0 Å². The predicted molar refractivity (Wildman–Crippen MR) is 56.1 cm³/mol. The fraction of sp³-hybridized carbons (Fsp3) is 0.200. The number of primary amides is 1. The number of ketones is 1. The number of nitrogens with two attached hydrogens (primary N) is 1. The molecule has 15 heavy (non-hydrogen) atoms. The van der Waals surface area contributed by atoms with Crippen molar-refractivity contribution >= 4 is 23.3 Å². The zero-order valence-electron chi connectivity index (χ0n) is 8.12. The smallest absolute Gasteiger partial charge is 0.255 e. The van der Waals surface area contributed by atoms with E-state index in [0.717, 1.165) is 0 Å². The van der Waals surface area contributed by atoms with Gasteiger partial charge in [-0.15, -0.1) is 0 Å². The Kier molecular flexibility index (Phi) is 3.68. The van der Waals surface area contributed by atoms with Crippen LogP contribution in [-0.4, -0.2) is 18.3 Å². The molecule has 0 atom stereocenters. The third kappa shape index (κ3) is 3.25. The molecule has 0 spiro atoms. The van der Waals surface area contributed by atoms with Crippen molar-refractivity contribution in [2.45, 2.75) is 6.92 Å². The minimum atomic E-state index is -0.582. The summed E-state index contributed by atoms with van der Waals surface area (Å²) >= 11 is 5.83. The van der Waals surface area contributed by atoms with Crippen LogP contribution in [0.5, 0.6) is 5.75 Å². The average molecular weight is 228 g/mol. The van der Waals surface area contributed by atoms with E-state index in [1.165, 1.54) is 19.1 Å². The first kappa shape index (κ1) is 11.5. The van der Waals surface area contributed by atoms with Gasteiger partial charge in [-0.2, -0.15) is 0 Å². The maximum absolute atomic E-state index is 11.0. The number of carbonyl (C=O) groups excluding carboxylic acids is 2. The Hall–Kier alpha value is -1.55. The van der Waals surface area contributed by atoms with E-state index in [4.69, 9.17) is 22.1 Å². The number of halogens is 1. The zero-order valence-corrected chi connectivity index (χ0v) is 8.88. The second kappa shape index (κ2) is 4.79. The van der Waals surface area contributed by atoms with Crippen LogP contribution in [-0.2, 0) is 4.79 Å². The summed E-state index contributed by atoms with van der Waals surface area (Å²) in [6, 6.07) is 4.59. The SMILES string of the molecule is CC(=O)c1ccc(OCC(N)=O)c(Cl)c1. The van der Waals surface area contributed by atoms with E-state index in [1.54, 1.807) is 6.07 Å². The Labute approximate surface area is 92.0 Å². The molecule has 0 unspecified atom stereocenters. The molecule has 80 valence electrons. The molecule has 4 nitrogen and oxygen atoms in total. The van der Waals surface area contributed by atoms with E-state index >= 15 is 0 Å². The van der Waals surface area contributed by atoms with Gasteiger partial charge in [0.25, 0.3) is 5.91 Å². The van der Waals surface area contributed by atoms with Crippen molar-refractivity contribution in [1.29, 1.82) is 0 Å². The van der Waals surface area contributed by atoms with Crippen LogP contribution in [0.15, 0.2) is 18.2 Å². The van der Waals surface area contributed by atoms with Crippen LogP contribution in [0.4, 0.5) is 0 Å². The lowest BCUT2D eigenvalue weighted by molar-refractivity contribution is -0.119. The molecule has 1 aromatic rings. The highest BCUT2D eigenvalue weighted by atomic mass is 35.5. The molecule has 1 amide bonds. The molecular formula is C10H10ClNO3. The van der Waals surface area contributed by atoms with E-state index in [-0.39, 0.29) is 17.4 Å². The summed E-state index contributed by atoms with van der Waals surface area (Å²) in [5.74, 6) is -0.333. The molecule has 0 radical (unpaired) electrons. The van der Waals surface area contributed by atoms with Crippen molar-refractivity contribution in [2.24, 2.45) is 5.73 Å². The second-order valence-electron chi connectivity index (χ2n) is 2.96. The minimum absolute atomic E-state index is 0.0849. The van der Waals surface area contributed by atoms with Gasteiger partial charge in [0.05, 0.1) is 5.02 Å². The predicted octanol–water partition coefficient (Wildman–Crippen LogP) is 1.41. The summed E-state index contributed by atoms with van der Waals surface area (Å²) in [5, 5.41) is 0.281. The van der Waals surface area contributed by atoms with E-state index in [0.29, 0.717) is 11.3 Å². The minimum Gasteiger partial charge on any atom is -0.482 e. The van der Waals surface area contributed by atoms with Crippen molar-refractivity contribution < 1.29 is 14.3 Å². The first-order valence-corrected chi connectivity index (χ1v) is 4.60. The number of carbonyl (C=O) groups is 2. The van der Waals surface area contributed by atoms with E-state index < -0.39 is 5.91 Å². The van der Waals surface area contributed by atoms with Crippen molar-refractivity contribution in [3.8, 4) is 5.75 Å². The van der Waals surface area contributed by atoms with Crippen LogP contribution >= 0.6 is 11.6 Å². The summed E-state index contributed by atoms with van der Waals surface area (Å²) in [6.45, 7) is 1.20. The molecule has 0 aromatic heterocycles. The van der Waals surface area contributed by atoms with E-state index in [9.17, 15) is 9.59 Å². The Bertz CT molecular complexity index is 404. The third-order valence-corrected chi connectivity index (χ3v) is 2.00. The first-order valence-electron chi connectivity index (χ1n) is 4.22. The van der Waals surface area contributed by atoms with Crippen LogP contribution in [0.3, 0.4) is 0 Å². The molecule has 0 heterocycles. The summed E-state index contributed by atoms with van der Waals surface area (Å²) in [4.78, 5) is 21.5. The number of amides is 1. The molecule has 0 saturated carbocycles. The quantitative estimate of drug-likeness (QED) is 0.791. The summed E-state index contributed by atoms with van der Waals surface area (Å²) in [6.07, 6.45) is 0. The lowest BCUT2D eigenvalue weighted by atomic mass is 10.1. The molecule has 2 N–H and O–H groups in total. The Morgan fingerprint density at radius 1 is 1.47 bits per heavy atom. The first-order chi connectivity index (χ1) is 7.00. The standard InChI is InChI=1S/C10H10ClNO3/c1-6(13)7-2-3-9(8(11)4-7)15-5-10(12)14/h2-4H,5H2,1H3,(H2,12,14). The number of hydrogen-bond donors (Lipinski definition) is 1. The van der Waals surface area contributed by atoms with Crippen LogP contribution in [0, 0.1) is 0 Å². The summed E-state index contributed by atoms with van der Waals surface area (Å²) in [7, 11) is 0. The average Bonchev–Trinajstić information content (AvgIpc) is 2.15. The fourth-order valence-electron chi connectivity index (χ4n) is 0.986. The second-order valence-corrected chi connectivity index (χ2v) is 3.36. The van der Waals surface area contributed by atoms with Gasteiger partial charge >= 0.3 is 0 Å². The molecule has 0 bridgehead atoms. The monoisotopic (exact) mass is 227 g/mol. The lowest BCUT2D eigenvalue weighted by Gasteiger charge is -2.06. The molecule has 0 aliphatic carbocycles. The van der Waals surface area contributed by atoms with Gasteiger partial charge in [0.1, 0.15) is 5.75 Å². The molecular weight excluding hydrogens is 218 g/mol. The maximum Gasteiger partial charge on any atom is 0.255 e. The Morgan fingerprint density at radius 2 is 2.13 bits per heavy atom. The van der Waals surface area contributed by atoms with Gasteiger partial charge in [-0.1, -0.05) is 11.6 Å². The number of ether oxygens (including phenoxy) is 1. The molecule has 1 aromatic carbocycles. The van der Waals surface area contributed by atoms with Crippen LogP contribution in [0.25, 0.3) is 0 Å². The topological polar surface area (TPSA) is 69.4 Å². The van der Waals surface area contributed by atoms with Crippen molar-refractivity contribution in [3.63, 3.8) is 0 Å². The number of rotatable bonds is 4. The fourth-order valence-corrected chi connectivity index (χ4v) is 1.22. The lowest BCUT2D eigenvalue weighted by Crippen LogP contribution is -2.20. The third-order valence-electron chi connectivity index (χ3n) is 1.71. The van der Waals surface area contributed by atoms with Crippen molar-refractivity contribution in [1.82, 2.24) is 0 Å². The van der Waals surface area contributed by atoms with Crippen molar-refractivity contribution in [3.05, 3.63) is 28.8 Å². The number of benzene rings is 1. The summed E-state index contributed by atoms with van der Waals surface area (Å²) in [5.41, 5.74) is 5.40. The van der Waals surface area contributed by atoms with E-state index in [2.05, 4.69) is 0 Å². The molecule has 1 rings (SSSR count). The maximum atomic E-state index is 11.0. The largest absolute Gasteiger partial charge is 0.482 e. The van der Waals surface area contributed by atoms with Gasteiger partial charge < -0.3 is 10.5 Å². The van der Waals surface area contributed by atoms with Gasteiger partial charge in [-0.25, -0.2) is 0 Å². The molecule has 0 fully saturated rings. The molecule has 5 heteroatoms. The highest BCUT2D eigenvalue weighted by Crippen LogP contribution is 2.25. The van der Waals surface area contributed by atoms with Crippen LogP contribution in [0.2, 0.25) is 5.02 Å². The van der Waals surface area contributed by atoms with Gasteiger partial charge in [0.15, 0.2) is 12.4 Å². The molecule has 0 saturated heterocycles. The number of Topliss-reactive ketones (excluding diaryl/α,β-unsaturated/α-hetero) is 1. The Balaban J connectivity index is 2.83. The summed E-state index contributed by atoms with van der Waals surface area (Å²) < 4.78 is 5.02. The highest BCUT2D eigenvalue weighted by molar-refractivity contribution is 6.32. The van der Waals surface area contributed by atoms with Crippen molar-refractivity contribution in [2.75, 3.05) is 6.61 Å². The number of hydrogen-bond acceptors (Lipinski definition) is 3. The van der Waals surface area contributed by atoms with Gasteiger partial charge in [-0.05, 0) is 25.1 Å². The highest BCUT2D eigenvalue weighted by Gasteiger charge is 2.06. The van der Waals surface area contributed by atoms with Crippen LogP contribution < -0.4 is 10.5 Å². The Morgan fingerprint density at radius 3 is 2.60 bits per heavy atom.